The molecule has 152 valence electrons. The zero-order valence-corrected chi connectivity index (χ0v) is 18.0. The molecule has 1 atom stereocenters. The molecule has 5 rings (SSSR count). The van der Waals surface area contributed by atoms with Crippen LogP contribution in [0.2, 0.25) is 5.02 Å². The Balaban J connectivity index is 1.77. The first-order valence-corrected chi connectivity index (χ1v) is 10.8. The van der Waals surface area contributed by atoms with Crippen molar-refractivity contribution in [1.29, 1.82) is 0 Å². The second kappa shape index (κ2) is 8.05. The number of aromatic amines is 1. The third kappa shape index (κ3) is 3.75. The summed E-state index contributed by atoms with van der Waals surface area (Å²) in [5, 5.41) is 0.713. The highest BCUT2D eigenvalue weighted by atomic mass is 35.5. The Kier molecular flexibility index (Phi) is 5.09. The first-order valence-electron chi connectivity index (χ1n) is 10.4. The number of carbonyl (C=O) groups excluding carboxylic acids is 1. The smallest absolute Gasteiger partial charge is 0.130 e. The van der Waals surface area contributed by atoms with Crippen LogP contribution in [-0.4, -0.2) is 10.8 Å². The quantitative estimate of drug-likeness (QED) is 0.365. The van der Waals surface area contributed by atoms with E-state index in [1.54, 1.807) is 6.92 Å². The first kappa shape index (κ1) is 19.6. The second-order valence-electron chi connectivity index (χ2n) is 8.03. The van der Waals surface area contributed by atoms with E-state index < -0.39 is 0 Å². The third-order valence-corrected chi connectivity index (χ3v) is 6.14. The van der Waals surface area contributed by atoms with Crippen LogP contribution in [0.4, 0.5) is 0 Å². The van der Waals surface area contributed by atoms with Crippen molar-refractivity contribution in [3.8, 4) is 11.3 Å². The summed E-state index contributed by atoms with van der Waals surface area (Å²) in [6.07, 6.45) is 2.71. The highest BCUT2D eigenvalue weighted by Gasteiger charge is 2.28. The molecular weight excluding hydrogens is 402 g/mol. The number of fused-ring (bicyclic) bond motifs is 2. The standard InChI is InChI=1S/C28H22ClNO/c1-18(31)15-25-23-10-6-5-9-21(23)16-24(19-7-3-2-4-8-19)26-17-27(30-28(25)26)20-11-13-22(29)14-12-20/h2-14,16-17,25,30H,15H2,1H3/t25-/m1/s1. The molecule has 31 heavy (non-hydrogen) atoms. The van der Waals surface area contributed by atoms with Crippen LogP contribution < -0.4 is 0 Å². The topological polar surface area (TPSA) is 32.9 Å². The Morgan fingerprint density at radius 2 is 1.61 bits per heavy atom. The molecule has 0 saturated heterocycles. The van der Waals surface area contributed by atoms with E-state index in [9.17, 15) is 4.79 Å². The van der Waals surface area contributed by atoms with Crippen molar-refractivity contribution >= 4 is 29.0 Å². The van der Waals surface area contributed by atoms with Gasteiger partial charge in [0.1, 0.15) is 5.78 Å². The Labute approximate surface area is 187 Å². The summed E-state index contributed by atoms with van der Waals surface area (Å²) in [6.45, 7) is 1.67. The number of ketones is 1. The lowest BCUT2D eigenvalue weighted by Crippen LogP contribution is -2.08. The van der Waals surface area contributed by atoms with Gasteiger partial charge in [-0.05, 0) is 59.0 Å². The number of halogens is 1. The highest BCUT2D eigenvalue weighted by Crippen LogP contribution is 2.43. The molecule has 1 aromatic heterocycles. The van der Waals surface area contributed by atoms with Gasteiger partial charge in [0.2, 0.25) is 0 Å². The Morgan fingerprint density at radius 1 is 0.903 bits per heavy atom. The van der Waals surface area contributed by atoms with Gasteiger partial charge in [-0.2, -0.15) is 0 Å². The van der Waals surface area contributed by atoms with Crippen LogP contribution in [0.1, 0.15) is 47.2 Å². The van der Waals surface area contributed by atoms with E-state index in [4.69, 9.17) is 11.6 Å². The van der Waals surface area contributed by atoms with E-state index in [0.717, 1.165) is 39.2 Å². The van der Waals surface area contributed by atoms with Crippen LogP contribution >= 0.6 is 11.6 Å². The minimum absolute atomic E-state index is 0.0257. The van der Waals surface area contributed by atoms with Crippen molar-refractivity contribution in [2.45, 2.75) is 19.3 Å². The molecule has 0 fully saturated rings. The maximum Gasteiger partial charge on any atom is 0.130 e. The molecule has 0 unspecified atom stereocenters. The van der Waals surface area contributed by atoms with Crippen molar-refractivity contribution in [2.75, 3.05) is 0 Å². The van der Waals surface area contributed by atoms with Gasteiger partial charge in [-0.25, -0.2) is 0 Å². The molecule has 1 aliphatic carbocycles. The molecule has 1 aliphatic rings. The SMILES string of the molecule is CC(=O)C[C@@H]1c2ccccc2C=C(c2ccccc2)c2cc(-c3ccc(Cl)cc3)[nH]c21. The second-order valence-corrected chi connectivity index (χ2v) is 8.47. The monoisotopic (exact) mass is 423 g/mol. The minimum Gasteiger partial charge on any atom is -0.357 e. The maximum atomic E-state index is 12.3. The molecule has 0 bridgehead atoms. The van der Waals surface area contributed by atoms with Crippen LogP contribution in [0.25, 0.3) is 22.9 Å². The number of nitrogens with one attached hydrogen (secondary N) is 1. The molecule has 4 aromatic rings. The van der Waals surface area contributed by atoms with E-state index in [1.165, 1.54) is 5.56 Å². The van der Waals surface area contributed by atoms with Gasteiger partial charge in [-0.3, -0.25) is 4.79 Å². The van der Waals surface area contributed by atoms with Gasteiger partial charge in [0.05, 0.1) is 0 Å². The number of hydrogen-bond donors (Lipinski definition) is 1. The Hall–Kier alpha value is -3.36. The average Bonchev–Trinajstić information content (AvgIpc) is 3.17. The Morgan fingerprint density at radius 3 is 2.35 bits per heavy atom. The van der Waals surface area contributed by atoms with Crippen molar-refractivity contribution in [2.24, 2.45) is 0 Å². The van der Waals surface area contributed by atoms with Crippen molar-refractivity contribution < 1.29 is 4.79 Å². The van der Waals surface area contributed by atoms with E-state index in [0.29, 0.717) is 11.4 Å². The summed E-state index contributed by atoms with van der Waals surface area (Å²) >= 11 is 6.10. The molecule has 0 radical (unpaired) electrons. The normalized spacial score (nSPS) is 14.9. The summed E-state index contributed by atoms with van der Waals surface area (Å²) in [4.78, 5) is 15.9. The predicted molar refractivity (Wildman–Crippen MR) is 128 cm³/mol. The van der Waals surface area contributed by atoms with Crippen LogP contribution in [0.15, 0.2) is 84.9 Å². The highest BCUT2D eigenvalue weighted by molar-refractivity contribution is 6.30. The maximum absolute atomic E-state index is 12.3. The molecule has 0 spiro atoms. The molecule has 3 heteroatoms. The number of carbonyl (C=O) groups is 1. The summed E-state index contributed by atoms with van der Waals surface area (Å²) in [6, 6.07) is 28.9. The molecule has 0 amide bonds. The predicted octanol–water partition coefficient (Wildman–Crippen LogP) is 7.35. The summed E-state index contributed by atoms with van der Waals surface area (Å²) in [7, 11) is 0. The van der Waals surface area contributed by atoms with Gasteiger partial charge in [0.25, 0.3) is 0 Å². The van der Waals surface area contributed by atoms with Crippen LogP contribution in [-0.2, 0) is 4.79 Å². The van der Waals surface area contributed by atoms with Gasteiger partial charge in [0.15, 0.2) is 0 Å². The molecular formula is C28H22ClNO. The van der Waals surface area contributed by atoms with E-state index in [-0.39, 0.29) is 11.7 Å². The van der Waals surface area contributed by atoms with Gasteiger partial charge in [0, 0.05) is 34.3 Å². The minimum atomic E-state index is -0.0257. The van der Waals surface area contributed by atoms with E-state index in [2.05, 4.69) is 65.7 Å². The van der Waals surface area contributed by atoms with Crippen molar-refractivity contribution in [1.82, 2.24) is 4.98 Å². The summed E-state index contributed by atoms with van der Waals surface area (Å²) in [5.41, 5.74) is 8.96. The van der Waals surface area contributed by atoms with Crippen molar-refractivity contribution in [3.63, 3.8) is 0 Å². The third-order valence-electron chi connectivity index (χ3n) is 5.89. The number of hydrogen-bond acceptors (Lipinski definition) is 1. The number of Topliss-reactive ketones (excluding diaryl/α,β-unsaturated/α-hetero) is 1. The molecule has 0 aliphatic heterocycles. The lowest BCUT2D eigenvalue weighted by Gasteiger charge is -2.17. The lowest BCUT2D eigenvalue weighted by atomic mass is 9.87. The Bertz CT molecular complexity index is 1280. The fraction of sp³-hybridized carbons (Fsp3) is 0.107. The zero-order valence-electron chi connectivity index (χ0n) is 17.2. The van der Waals surface area contributed by atoms with Gasteiger partial charge in [-0.1, -0.05) is 78.3 Å². The molecule has 0 saturated carbocycles. The average molecular weight is 424 g/mol. The number of rotatable bonds is 4. The molecule has 3 aromatic carbocycles. The lowest BCUT2D eigenvalue weighted by molar-refractivity contribution is -0.117. The van der Waals surface area contributed by atoms with E-state index in [1.807, 2.05) is 30.3 Å². The molecule has 2 nitrogen and oxygen atoms in total. The first-order chi connectivity index (χ1) is 15.1. The van der Waals surface area contributed by atoms with Crippen LogP contribution in [0.3, 0.4) is 0 Å². The number of H-pyrrole nitrogens is 1. The summed E-state index contributed by atoms with van der Waals surface area (Å²) in [5.74, 6) is 0.152. The number of benzene rings is 3. The zero-order chi connectivity index (χ0) is 21.4. The molecule has 1 N–H and O–H groups in total. The fourth-order valence-corrected chi connectivity index (χ4v) is 4.58. The van der Waals surface area contributed by atoms with Gasteiger partial charge < -0.3 is 4.98 Å². The van der Waals surface area contributed by atoms with Crippen molar-refractivity contribution in [3.05, 3.63) is 118 Å². The fourth-order valence-electron chi connectivity index (χ4n) is 4.46. The van der Waals surface area contributed by atoms with Crippen LogP contribution in [0.5, 0.6) is 0 Å². The van der Waals surface area contributed by atoms with Gasteiger partial charge >= 0.3 is 0 Å². The largest absolute Gasteiger partial charge is 0.357 e. The molecule has 1 heterocycles. The van der Waals surface area contributed by atoms with E-state index >= 15 is 0 Å². The number of aromatic nitrogens is 1. The summed E-state index contributed by atoms with van der Waals surface area (Å²) < 4.78 is 0. The van der Waals surface area contributed by atoms with Gasteiger partial charge in [-0.15, -0.1) is 0 Å². The van der Waals surface area contributed by atoms with Crippen LogP contribution in [0, 0.1) is 0 Å².